The van der Waals surface area contributed by atoms with E-state index in [1.54, 1.807) is 39.0 Å². The van der Waals surface area contributed by atoms with E-state index in [0.717, 1.165) is 0 Å². The van der Waals surface area contributed by atoms with E-state index in [1.165, 1.54) is 0 Å². The van der Waals surface area contributed by atoms with Crippen LogP contribution in [0.2, 0.25) is 0 Å². The molecular formula is C12H17N3O3. The zero-order chi connectivity index (χ0) is 13.9. The molecule has 0 heterocycles. The lowest BCUT2D eigenvalue weighted by atomic mass is 9.92. The van der Waals surface area contributed by atoms with Gasteiger partial charge in [-0.3, -0.25) is 14.9 Å². The Labute approximate surface area is 105 Å². The smallest absolute Gasteiger partial charge is 0.295 e. The van der Waals surface area contributed by atoms with Crippen LogP contribution < -0.4 is 11.1 Å². The Balaban J connectivity index is 2.96. The monoisotopic (exact) mass is 251 g/mol. The highest BCUT2D eigenvalue weighted by molar-refractivity contribution is 5.81. The number of hydrogen-bond acceptors (Lipinski definition) is 4. The van der Waals surface area contributed by atoms with E-state index >= 15 is 0 Å². The first-order valence-electron chi connectivity index (χ1n) is 5.53. The largest absolute Gasteiger partial charge is 0.378 e. The second-order valence-corrected chi connectivity index (χ2v) is 4.83. The van der Waals surface area contributed by atoms with Crippen LogP contribution in [0.15, 0.2) is 18.2 Å². The molecule has 0 aliphatic heterocycles. The lowest BCUT2D eigenvalue weighted by Gasteiger charge is -2.21. The van der Waals surface area contributed by atoms with Gasteiger partial charge in [-0.05, 0) is 26.8 Å². The van der Waals surface area contributed by atoms with Crippen molar-refractivity contribution in [2.75, 3.05) is 11.9 Å². The molecule has 1 aromatic rings. The Bertz CT molecular complexity index is 483. The van der Waals surface area contributed by atoms with Gasteiger partial charge in [0, 0.05) is 12.1 Å². The molecule has 0 radical (unpaired) electrons. The van der Waals surface area contributed by atoms with Crippen molar-refractivity contribution in [3.05, 3.63) is 33.9 Å². The molecule has 0 bridgehead atoms. The predicted molar refractivity (Wildman–Crippen MR) is 69.3 cm³/mol. The molecule has 1 rings (SSSR count). The lowest BCUT2D eigenvalue weighted by Crippen LogP contribution is -2.37. The number of rotatable bonds is 5. The van der Waals surface area contributed by atoms with Crippen LogP contribution in [0.25, 0.3) is 0 Å². The molecule has 0 spiro atoms. The van der Waals surface area contributed by atoms with Gasteiger partial charge in [0.2, 0.25) is 5.91 Å². The summed E-state index contributed by atoms with van der Waals surface area (Å²) in [5.41, 5.74) is 5.48. The van der Waals surface area contributed by atoms with Crippen LogP contribution in [-0.4, -0.2) is 17.4 Å². The summed E-state index contributed by atoms with van der Waals surface area (Å²) in [7, 11) is 0. The van der Waals surface area contributed by atoms with E-state index < -0.39 is 16.2 Å². The van der Waals surface area contributed by atoms with Crippen LogP contribution >= 0.6 is 0 Å². The maximum atomic E-state index is 11.2. The minimum Gasteiger partial charge on any atom is -0.378 e. The molecule has 6 heteroatoms. The van der Waals surface area contributed by atoms with E-state index in [0.29, 0.717) is 11.3 Å². The van der Waals surface area contributed by atoms with Crippen molar-refractivity contribution in [2.24, 2.45) is 11.1 Å². The highest BCUT2D eigenvalue weighted by atomic mass is 16.6. The summed E-state index contributed by atoms with van der Waals surface area (Å²) < 4.78 is 0. The predicted octanol–water partition coefficient (Wildman–Crippen LogP) is 1.83. The average molecular weight is 251 g/mol. The number of primary amides is 1. The first-order chi connectivity index (χ1) is 8.25. The van der Waals surface area contributed by atoms with Crippen molar-refractivity contribution in [3.63, 3.8) is 0 Å². The minimum absolute atomic E-state index is 0.0257. The molecular weight excluding hydrogens is 234 g/mol. The molecule has 1 amide bonds. The van der Waals surface area contributed by atoms with E-state index in [9.17, 15) is 14.9 Å². The Kier molecular flexibility index (Phi) is 3.90. The van der Waals surface area contributed by atoms with E-state index in [2.05, 4.69) is 5.32 Å². The quantitative estimate of drug-likeness (QED) is 0.616. The third kappa shape index (κ3) is 2.97. The van der Waals surface area contributed by atoms with Crippen molar-refractivity contribution < 1.29 is 9.72 Å². The summed E-state index contributed by atoms with van der Waals surface area (Å²) in [5, 5.41) is 13.9. The van der Waals surface area contributed by atoms with Crippen LogP contribution in [0, 0.1) is 22.5 Å². The zero-order valence-corrected chi connectivity index (χ0v) is 10.7. The summed E-state index contributed by atoms with van der Waals surface area (Å²) in [6.07, 6.45) is 0. The summed E-state index contributed by atoms with van der Waals surface area (Å²) in [4.78, 5) is 21.7. The molecule has 1 aromatic carbocycles. The number of aryl methyl sites for hydroxylation is 1. The van der Waals surface area contributed by atoms with Gasteiger partial charge >= 0.3 is 0 Å². The first-order valence-corrected chi connectivity index (χ1v) is 5.53. The number of nitrogens with zero attached hydrogens (tertiary/aromatic N) is 1. The third-order valence-electron chi connectivity index (χ3n) is 2.81. The molecule has 98 valence electrons. The Morgan fingerprint density at radius 3 is 2.61 bits per heavy atom. The van der Waals surface area contributed by atoms with Gasteiger partial charge in [-0.2, -0.15) is 0 Å². The molecule has 0 saturated heterocycles. The maximum absolute atomic E-state index is 11.2. The topological polar surface area (TPSA) is 98.3 Å². The number of carbonyl (C=O) groups is 1. The molecule has 0 fully saturated rings. The van der Waals surface area contributed by atoms with Crippen molar-refractivity contribution in [1.29, 1.82) is 0 Å². The van der Waals surface area contributed by atoms with Crippen LogP contribution in [-0.2, 0) is 4.79 Å². The van der Waals surface area contributed by atoms with Crippen molar-refractivity contribution >= 4 is 17.3 Å². The fourth-order valence-corrected chi connectivity index (χ4v) is 1.45. The SMILES string of the molecule is Cc1cccc(NCC(C)(C)C(N)=O)c1[N+](=O)[O-]. The second kappa shape index (κ2) is 5.03. The standard InChI is InChI=1S/C12H17N3O3/c1-8-5-4-6-9(10(8)15(17)18)14-7-12(2,3)11(13)16/h4-6,14H,7H2,1-3H3,(H2,13,16). The zero-order valence-electron chi connectivity index (χ0n) is 10.7. The number of nitrogens with one attached hydrogen (secondary N) is 1. The number of nitro groups is 1. The van der Waals surface area contributed by atoms with Crippen LogP contribution in [0.1, 0.15) is 19.4 Å². The molecule has 0 atom stereocenters. The van der Waals surface area contributed by atoms with Gasteiger partial charge in [0.25, 0.3) is 5.69 Å². The fourth-order valence-electron chi connectivity index (χ4n) is 1.45. The summed E-state index contributed by atoms with van der Waals surface area (Å²) >= 11 is 0. The van der Waals surface area contributed by atoms with Crippen LogP contribution in [0.4, 0.5) is 11.4 Å². The molecule has 6 nitrogen and oxygen atoms in total. The number of hydrogen-bond donors (Lipinski definition) is 2. The minimum atomic E-state index is -0.766. The Hall–Kier alpha value is -2.11. The van der Waals surface area contributed by atoms with Gasteiger partial charge in [-0.1, -0.05) is 12.1 Å². The summed E-state index contributed by atoms with van der Waals surface area (Å²) in [6, 6.07) is 5.01. The number of amides is 1. The number of para-hydroxylation sites is 1. The van der Waals surface area contributed by atoms with Gasteiger partial charge in [-0.25, -0.2) is 0 Å². The van der Waals surface area contributed by atoms with E-state index in [-0.39, 0.29) is 12.2 Å². The lowest BCUT2D eigenvalue weighted by molar-refractivity contribution is -0.384. The molecule has 0 aromatic heterocycles. The summed E-state index contributed by atoms with van der Waals surface area (Å²) in [5.74, 6) is -0.453. The number of nitrogens with two attached hydrogens (primary N) is 1. The van der Waals surface area contributed by atoms with Crippen molar-refractivity contribution in [1.82, 2.24) is 0 Å². The van der Waals surface area contributed by atoms with Crippen LogP contribution in [0.5, 0.6) is 0 Å². The second-order valence-electron chi connectivity index (χ2n) is 4.83. The Morgan fingerprint density at radius 1 is 1.50 bits per heavy atom. The van der Waals surface area contributed by atoms with Gasteiger partial charge in [0.15, 0.2) is 0 Å². The number of anilines is 1. The molecule has 0 unspecified atom stereocenters. The Morgan fingerprint density at radius 2 is 2.11 bits per heavy atom. The first kappa shape index (κ1) is 14.0. The molecule has 0 aliphatic carbocycles. The number of benzene rings is 1. The van der Waals surface area contributed by atoms with Crippen LogP contribution in [0.3, 0.4) is 0 Å². The van der Waals surface area contributed by atoms with Gasteiger partial charge in [0.1, 0.15) is 5.69 Å². The highest BCUT2D eigenvalue weighted by Crippen LogP contribution is 2.28. The number of carbonyl (C=O) groups excluding carboxylic acids is 1. The average Bonchev–Trinajstić information content (AvgIpc) is 2.25. The third-order valence-corrected chi connectivity index (χ3v) is 2.81. The summed E-state index contributed by atoms with van der Waals surface area (Å²) in [6.45, 7) is 5.28. The van der Waals surface area contributed by atoms with Gasteiger partial charge < -0.3 is 11.1 Å². The molecule has 18 heavy (non-hydrogen) atoms. The highest BCUT2D eigenvalue weighted by Gasteiger charge is 2.26. The van der Waals surface area contributed by atoms with Crippen molar-refractivity contribution in [2.45, 2.75) is 20.8 Å². The maximum Gasteiger partial charge on any atom is 0.295 e. The normalized spacial score (nSPS) is 11.1. The molecule has 3 N–H and O–H groups in total. The fraction of sp³-hybridized carbons (Fsp3) is 0.417. The van der Waals surface area contributed by atoms with E-state index in [4.69, 9.17) is 5.73 Å². The van der Waals surface area contributed by atoms with E-state index in [1.807, 2.05) is 0 Å². The van der Waals surface area contributed by atoms with Crippen molar-refractivity contribution in [3.8, 4) is 0 Å². The number of nitro benzene ring substituents is 1. The van der Waals surface area contributed by atoms with Gasteiger partial charge in [-0.15, -0.1) is 0 Å². The van der Waals surface area contributed by atoms with Gasteiger partial charge in [0.05, 0.1) is 10.3 Å². The molecule has 0 saturated carbocycles. The molecule has 0 aliphatic rings.